The highest BCUT2D eigenvalue weighted by atomic mass is 35.5. The van der Waals surface area contributed by atoms with Gasteiger partial charge in [-0.15, -0.1) is 12.4 Å². The molecule has 0 spiro atoms. The van der Waals surface area contributed by atoms with E-state index in [1.54, 1.807) is 91.8 Å². The number of benzene rings is 2. The number of hydrogen-bond donors (Lipinski definition) is 10. The molecule has 0 saturated carbocycles. The van der Waals surface area contributed by atoms with Gasteiger partial charge in [-0.25, -0.2) is 23.5 Å². The summed E-state index contributed by atoms with van der Waals surface area (Å²) < 4.78 is 167. The minimum Gasteiger partial charge on any atom is -0.480 e. The molecule has 44 heteroatoms. The highest BCUT2D eigenvalue weighted by Gasteiger charge is 2.62. The van der Waals surface area contributed by atoms with Crippen LogP contribution in [0.25, 0.3) is 0 Å². The molecule has 0 bridgehead atoms. The summed E-state index contributed by atoms with van der Waals surface area (Å²) in [5.74, 6) is -14.3. The van der Waals surface area contributed by atoms with Crippen LogP contribution in [0, 0.1) is 13.8 Å². The SMILES string of the molecule is C.C.C.CC(C)OC(=O)[C@@H](C)N.CC(C)OC(=O)[C@@H](C)NP(=O)(OC[C@H]1O[C@@H](n2ccc(N)nc2=O)C(F)(F)[C@@H]1O)Oc1ccccc1.C[C@@H](N)C(=O)O.Cc1ccn([C@@H]2O[C@H](CO)[C@@H](O)C2(F)F)c(=O)n1.Cc1ccn([C@@H]2O[C@H](COP(=O)(N[C@H](C)C(=O)OC(C)C)Oc3ccccc3)[C@@H](O)C2(F)F)c(=O)n1.Cl. The summed E-state index contributed by atoms with van der Waals surface area (Å²) in [7, 11) is -8.80. The van der Waals surface area contributed by atoms with E-state index in [9.17, 15) is 84.4 Å². The summed E-state index contributed by atoms with van der Waals surface area (Å²) >= 11 is 0. The highest BCUT2D eigenvalue weighted by Crippen LogP contribution is 2.50. The first kappa shape index (κ1) is 101. The van der Waals surface area contributed by atoms with Gasteiger partial charge in [0.15, 0.2) is 18.3 Å². The number of aliphatic hydroxyl groups excluding tert-OH is 4. The summed E-state index contributed by atoms with van der Waals surface area (Å²) in [4.78, 5) is 90.8. The molecule has 35 nitrogen and oxygen atoms in total. The number of nitrogen functional groups attached to an aromatic ring is 1. The Morgan fingerprint density at radius 3 is 1.08 bits per heavy atom. The Bertz CT molecular complexity index is 3770. The lowest BCUT2D eigenvalue weighted by molar-refractivity contribution is -0.150. The van der Waals surface area contributed by atoms with Crippen molar-refractivity contribution in [2.75, 3.05) is 25.6 Å². The highest BCUT2D eigenvalue weighted by molar-refractivity contribution is 7.52. The summed E-state index contributed by atoms with van der Waals surface area (Å²) in [6.07, 6.45) is -16.1. The molecule has 0 amide bonds. The molecule has 3 fully saturated rings. The maximum atomic E-state index is 14.8. The number of carbonyl (C=O) groups is 4. The van der Waals surface area contributed by atoms with Crippen molar-refractivity contribution < 1.29 is 127 Å². The van der Waals surface area contributed by atoms with Crippen LogP contribution in [0.1, 0.15) is 122 Å². The molecule has 3 aliphatic heterocycles. The molecular formula is C65H100ClF6N11O24P2. The van der Waals surface area contributed by atoms with E-state index in [1.807, 2.05) is 0 Å². The smallest absolute Gasteiger partial charge is 0.459 e. The number of aryl methyl sites for hydroxylation is 2. The third-order valence-corrected chi connectivity index (χ3v) is 17.1. The molecule has 15 atom stereocenters. The second kappa shape index (κ2) is 44.3. The van der Waals surface area contributed by atoms with E-state index in [0.29, 0.717) is 25.1 Å². The molecule has 3 saturated heterocycles. The van der Waals surface area contributed by atoms with Gasteiger partial charge in [0, 0.05) is 30.0 Å². The number of carboxylic acids is 1. The number of hydrogen-bond acceptors (Lipinski definition) is 29. The molecule has 3 aromatic heterocycles. The van der Waals surface area contributed by atoms with Gasteiger partial charge >= 0.3 is 74.2 Å². The molecule has 6 heterocycles. The van der Waals surface area contributed by atoms with E-state index in [-0.39, 0.29) is 64.1 Å². The maximum Gasteiger partial charge on any atom is 0.459 e. The lowest BCUT2D eigenvalue weighted by Crippen LogP contribution is -2.42. The second-order valence-corrected chi connectivity index (χ2v) is 27.5. The normalized spacial score (nSPS) is 22.6. The van der Waals surface area contributed by atoms with Crippen molar-refractivity contribution in [1.29, 1.82) is 0 Å². The maximum absolute atomic E-state index is 14.8. The lowest BCUT2D eigenvalue weighted by atomic mass is 10.1. The van der Waals surface area contributed by atoms with Crippen LogP contribution >= 0.6 is 27.9 Å². The number of halogens is 7. The number of rotatable bonds is 25. The minimum absolute atomic E-state index is 0. The van der Waals surface area contributed by atoms with Gasteiger partial charge in [-0.1, -0.05) is 58.7 Å². The second-order valence-electron chi connectivity index (χ2n) is 24.2. The van der Waals surface area contributed by atoms with Gasteiger partial charge < -0.3 is 80.2 Å². The van der Waals surface area contributed by atoms with Gasteiger partial charge in [0.05, 0.1) is 38.1 Å². The Hall–Kier alpha value is -7.83. The average Bonchev–Trinajstić information content (AvgIpc) is 1.63. The molecule has 0 radical (unpaired) electrons. The topological polar surface area (TPSA) is 503 Å². The number of carboxylic acid groups (broad SMARTS) is 1. The fourth-order valence-electron chi connectivity index (χ4n) is 8.64. The number of anilines is 1. The van der Waals surface area contributed by atoms with Crippen LogP contribution in [0.3, 0.4) is 0 Å². The number of ether oxygens (including phenoxy) is 6. The summed E-state index contributed by atoms with van der Waals surface area (Å²) in [5.41, 5.74) is 13.1. The first-order valence-electron chi connectivity index (χ1n) is 31.8. The van der Waals surface area contributed by atoms with Crippen molar-refractivity contribution in [3.05, 3.63) is 140 Å². The Labute approximate surface area is 630 Å². The Balaban J connectivity index is 0.00000149. The molecule has 618 valence electrons. The Kier molecular flexibility index (Phi) is 41.1. The lowest BCUT2D eigenvalue weighted by Gasteiger charge is -2.25. The molecule has 5 aromatic rings. The van der Waals surface area contributed by atoms with E-state index in [0.717, 1.165) is 24.7 Å². The van der Waals surface area contributed by atoms with Crippen LogP contribution in [-0.2, 0) is 65.8 Å². The Morgan fingerprint density at radius 2 is 0.817 bits per heavy atom. The van der Waals surface area contributed by atoms with Gasteiger partial charge in [-0.2, -0.15) is 51.5 Å². The number of nitrogens with zero attached hydrogens (tertiary/aromatic N) is 6. The molecule has 8 rings (SSSR count). The fourth-order valence-corrected chi connectivity index (χ4v) is 11.6. The molecule has 109 heavy (non-hydrogen) atoms. The standard InChI is InChI=1S/C22H28F2N3O8P.C21H27F2N4O8P.C10H12F2N2O4.C6H13NO2.C3H7NO2.3CH4.ClH/c1-13(2)33-19(29)15(4)26-36(31,35-16-8-6-5-7-9-16)32-12-17-18(28)22(23,24)20(34-17)27-11-10-14(3)25-21(27)30;1-12(2)33-18(29)13(3)26-36(31,35-14-7-5-4-6-8-14)32-11-15-17(28)21(22,23)19(34-15)27-10-9-16(24)25-20(27)30;1-5-2-3-14(9(17)13-5)8-10(11,12)7(16)6(4-15)18-8;1-4(2)9-6(8)5(3)7;1-2(4)3(5)6;;;;/h5-11,13,15,17-18,20,28H,12H2,1-4H3,(H,26,31);4-10,12-13,15,17,19,28H,11H2,1-3H3,(H,26,31)(H2,24,25,30);2-3,6-8,15-16H,4H2,1H3;4-5H,7H2,1-3H3;2H,4H2,1H3,(H,5,6);3*1H4;1H/t15-,17-,18-,20-,36?;13-,15-,17-,19-,36?;6-,7-,8-;5-;2-;;;;/m11111..../s1. The number of para-hydroxylation sites is 2. The van der Waals surface area contributed by atoms with Gasteiger partial charge in [0.2, 0.25) is 18.7 Å². The van der Waals surface area contributed by atoms with Crippen molar-refractivity contribution in [1.82, 2.24) is 38.8 Å². The zero-order valence-electron chi connectivity index (χ0n) is 59.1. The molecule has 2 aromatic carbocycles. The van der Waals surface area contributed by atoms with E-state index in [1.165, 1.54) is 64.1 Å². The number of nitrogens with two attached hydrogens (primary N) is 3. The fraction of sp³-hybridized carbons (Fsp3) is 0.569. The summed E-state index contributed by atoms with van der Waals surface area (Å²) in [6.45, 7) is 16.4. The third kappa shape index (κ3) is 29.4. The van der Waals surface area contributed by atoms with Crippen LogP contribution in [0.15, 0.2) is 112 Å². The molecule has 0 aliphatic carbocycles. The number of carbonyl (C=O) groups excluding carboxylic acids is 3. The van der Waals surface area contributed by atoms with Gasteiger partial charge in [0.25, 0.3) is 0 Å². The van der Waals surface area contributed by atoms with Gasteiger partial charge in [0.1, 0.15) is 59.8 Å². The zero-order chi connectivity index (χ0) is 79.4. The molecule has 13 N–H and O–H groups in total. The molecule has 2 unspecified atom stereocenters. The predicted octanol–water partition coefficient (Wildman–Crippen LogP) is 5.90. The van der Waals surface area contributed by atoms with Crippen molar-refractivity contribution in [3.63, 3.8) is 0 Å². The molecular weight excluding hydrogens is 1530 g/mol. The number of alkyl halides is 6. The number of nitrogens with one attached hydrogen (secondary N) is 2. The van der Waals surface area contributed by atoms with Gasteiger partial charge in [-0.05, 0) is 126 Å². The van der Waals surface area contributed by atoms with Crippen molar-refractivity contribution in [2.24, 2.45) is 11.5 Å². The first-order valence-corrected chi connectivity index (χ1v) is 34.9. The first-order chi connectivity index (χ1) is 48.7. The van der Waals surface area contributed by atoms with Crippen molar-refractivity contribution in [3.8, 4) is 11.5 Å². The Morgan fingerprint density at radius 1 is 0.523 bits per heavy atom. The van der Waals surface area contributed by atoms with Crippen LogP contribution in [0.5, 0.6) is 11.5 Å². The third-order valence-electron chi connectivity index (χ3n) is 13.8. The van der Waals surface area contributed by atoms with Crippen molar-refractivity contribution in [2.45, 2.75) is 221 Å². The predicted molar refractivity (Wildman–Crippen MR) is 384 cm³/mol. The van der Waals surface area contributed by atoms with Crippen LogP contribution in [0.2, 0.25) is 0 Å². The number of aliphatic carboxylic acids is 1. The van der Waals surface area contributed by atoms with Crippen LogP contribution in [-0.4, -0.2) is 195 Å². The van der Waals surface area contributed by atoms with E-state index in [2.05, 4.69) is 25.1 Å². The van der Waals surface area contributed by atoms with Crippen LogP contribution in [0.4, 0.5) is 32.2 Å². The minimum atomic E-state index is -4.41. The molecule has 3 aliphatic rings. The zero-order valence-corrected chi connectivity index (χ0v) is 61.7. The van der Waals surface area contributed by atoms with E-state index >= 15 is 0 Å². The van der Waals surface area contributed by atoms with Gasteiger partial charge in [-0.3, -0.25) is 41.9 Å². The number of aromatic nitrogens is 6. The number of esters is 3. The number of aliphatic hydroxyl groups is 4. The summed E-state index contributed by atoms with van der Waals surface area (Å²) in [6, 6.07) is 15.8. The quantitative estimate of drug-likeness (QED) is 0.0141. The largest absolute Gasteiger partial charge is 0.480 e. The monoisotopic (exact) mass is 1630 g/mol. The summed E-state index contributed by atoms with van der Waals surface area (Å²) in [5, 5.41) is 51.3. The van der Waals surface area contributed by atoms with E-state index in [4.69, 9.17) is 73.9 Å². The van der Waals surface area contributed by atoms with E-state index < -0.39 is 180 Å². The van der Waals surface area contributed by atoms with Crippen LogP contribution < -0.4 is 53.5 Å². The average molecular weight is 1630 g/mol. The van der Waals surface area contributed by atoms with Crippen molar-refractivity contribution >= 4 is 57.6 Å².